The second kappa shape index (κ2) is 5.93. The van der Waals surface area contributed by atoms with Gasteiger partial charge in [-0.25, -0.2) is 0 Å². The van der Waals surface area contributed by atoms with E-state index in [-0.39, 0.29) is 18.1 Å². The Morgan fingerprint density at radius 3 is 2.79 bits per heavy atom. The van der Waals surface area contributed by atoms with E-state index in [1.165, 1.54) is 0 Å². The number of amides is 1. The van der Waals surface area contributed by atoms with Crippen LogP contribution in [0.15, 0.2) is 18.2 Å². The van der Waals surface area contributed by atoms with Crippen molar-refractivity contribution in [2.45, 2.75) is 31.4 Å². The first-order chi connectivity index (χ1) is 9.13. The summed E-state index contributed by atoms with van der Waals surface area (Å²) >= 11 is 0. The van der Waals surface area contributed by atoms with E-state index in [9.17, 15) is 4.79 Å². The van der Waals surface area contributed by atoms with E-state index in [1.807, 2.05) is 0 Å². The predicted molar refractivity (Wildman–Crippen MR) is 73.3 cm³/mol. The summed E-state index contributed by atoms with van der Waals surface area (Å²) in [5, 5.41) is 3.01. The lowest BCUT2D eigenvalue weighted by atomic mass is 10.1. The van der Waals surface area contributed by atoms with Gasteiger partial charge < -0.3 is 20.5 Å². The first-order valence-corrected chi connectivity index (χ1v) is 6.41. The molecule has 1 saturated carbocycles. The van der Waals surface area contributed by atoms with Crippen LogP contribution in [0.3, 0.4) is 0 Å². The third-order valence-corrected chi connectivity index (χ3v) is 3.52. The third kappa shape index (κ3) is 3.17. The molecule has 5 heteroatoms. The number of carbonyl (C=O) groups is 1. The van der Waals surface area contributed by atoms with Crippen LogP contribution in [0, 0.1) is 0 Å². The van der Waals surface area contributed by atoms with Crippen LogP contribution in [-0.2, 0) is 4.74 Å². The van der Waals surface area contributed by atoms with Crippen LogP contribution in [0.25, 0.3) is 0 Å². The number of nitrogens with one attached hydrogen (secondary N) is 1. The van der Waals surface area contributed by atoms with E-state index in [0.717, 1.165) is 19.3 Å². The van der Waals surface area contributed by atoms with Crippen LogP contribution in [-0.4, -0.2) is 32.3 Å². The molecule has 0 saturated heterocycles. The van der Waals surface area contributed by atoms with Gasteiger partial charge in [0.15, 0.2) is 0 Å². The molecule has 1 amide bonds. The quantitative estimate of drug-likeness (QED) is 0.810. The molecule has 0 heterocycles. The normalized spacial score (nSPS) is 22.2. The zero-order valence-electron chi connectivity index (χ0n) is 11.3. The van der Waals surface area contributed by atoms with Crippen molar-refractivity contribution in [1.82, 2.24) is 5.32 Å². The van der Waals surface area contributed by atoms with Crippen molar-refractivity contribution in [3.05, 3.63) is 23.8 Å². The van der Waals surface area contributed by atoms with Crippen LogP contribution < -0.4 is 15.8 Å². The second-order valence-electron chi connectivity index (χ2n) is 4.80. The fourth-order valence-electron chi connectivity index (χ4n) is 2.45. The summed E-state index contributed by atoms with van der Waals surface area (Å²) < 4.78 is 10.5. The van der Waals surface area contributed by atoms with Crippen molar-refractivity contribution in [2.75, 3.05) is 20.0 Å². The number of nitrogen functional groups attached to an aromatic ring is 1. The number of methoxy groups -OCH3 is 2. The van der Waals surface area contributed by atoms with Crippen LogP contribution in [0.1, 0.15) is 29.6 Å². The molecular weight excluding hydrogens is 244 g/mol. The average Bonchev–Trinajstić information content (AvgIpc) is 2.86. The summed E-state index contributed by atoms with van der Waals surface area (Å²) in [6.45, 7) is 0. The van der Waals surface area contributed by atoms with E-state index in [1.54, 1.807) is 32.4 Å². The number of hydrogen-bond donors (Lipinski definition) is 2. The minimum Gasteiger partial charge on any atom is -0.496 e. The molecule has 1 aromatic carbocycles. The minimum absolute atomic E-state index is 0.147. The van der Waals surface area contributed by atoms with Gasteiger partial charge in [0.25, 0.3) is 5.91 Å². The summed E-state index contributed by atoms with van der Waals surface area (Å²) in [6, 6.07) is 5.21. The first kappa shape index (κ1) is 13.7. The summed E-state index contributed by atoms with van der Waals surface area (Å²) in [4.78, 5) is 12.2. The fourth-order valence-corrected chi connectivity index (χ4v) is 2.45. The molecule has 2 atom stereocenters. The molecule has 3 N–H and O–H groups in total. The maximum atomic E-state index is 12.2. The highest BCUT2D eigenvalue weighted by atomic mass is 16.5. The Bertz CT molecular complexity index is 462. The van der Waals surface area contributed by atoms with Gasteiger partial charge in [0.2, 0.25) is 0 Å². The minimum atomic E-state index is -0.147. The van der Waals surface area contributed by atoms with Crippen LogP contribution in [0.5, 0.6) is 5.75 Å². The van der Waals surface area contributed by atoms with Gasteiger partial charge in [0.05, 0.1) is 18.8 Å². The van der Waals surface area contributed by atoms with Crippen molar-refractivity contribution in [3.63, 3.8) is 0 Å². The summed E-state index contributed by atoms with van der Waals surface area (Å²) in [6.07, 6.45) is 3.02. The van der Waals surface area contributed by atoms with Crippen LogP contribution in [0.4, 0.5) is 5.69 Å². The summed E-state index contributed by atoms with van der Waals surface area (Å²) in [5.41, 5.74) is 6.74. The van der Waals surface area contributed by atoms with E-state index >= 15 is 0 Å². The zero-order valence-corrected chi connectivity index (χ0v) is 11.3. The molecule has 0 spiro atoms. The van der Waals surface area contributed by atoms with Crippen molar-refractivity contribution in [2.24, 2.45) is 0 Å². The van der Waals surface area contributed by atoms with Gasteiger partial charge in [-0.15, -0.1) is 0 Å². The Hall–Kier alpha value is -1.75. The second-order valence-corrected chi connectivity index (χ2v) is 4.80. The van der Waals surface area contributed by atoms with Gasteiger partial charge in [-0.3, -0.25) is 4.79 Å². The predicted octanol–water partition coefficient (Wildman–Crippen LogP) is 1.57. The summed E-state index contributed by atoms with van der Waals surface area (Å²) in [7, 11) is 3.24. The molecule has 19 heavy (non-hydrogen) atoms. The lowest BCUT2D eigenvalue weighted by Crippen LogP contribution is -2.33. The Morgan fingerprint density at radius 2 is 2.16 bits per heavy atom. The van der Waals surface area contributed by atoms with E-state index in [4.69, 9.17) is 15.2 Å². The maximum Gasteiger partial charge on any atom is 0.255 e. The van der Waals surface area contributed by atoms with E-state index < -0.39 is 0 Å². The lowest BCUT2D eigenvalue weighted by molar-refractivity contribution is 0.0912. The number of rotatable bonds is 4. The molecule has 1 fully saturated rings. The van der Waals surface area contributed by atoms with E-state index in [0.29, 0.717) is 17.0 Å². The highest BCUT2D eigenvalue weighted by Crippen LogP contribution is 2.24. The van der Waals surface area contributed by atoms with Gasteiger partial charge in [0, 0.05) is 18.8 Å². The van der Waals surface area contributed by atoms with Gasteiger partial charge in [-0.1, -0.05) is 0 Å². The maximum absolute atomic E-state index is 12.2. The molecular formula is C14H20N2O3. The number of nitrogens with two attached hydrogens (primary N) is 1. The van der Waals surface area contributed by atoms with Crippen LogP contribution >= 0.6 is 0 Å². The van der Waals surface area contributed by atoms with E-state index in [2.05, 4.69) is 5.32 Å². The lowest BCUT2D eigenvalue weighted by Gasteiger charge is -2.15. The summed E-state index contributed by atoms with van der Waals surface area (Å²) in [5.74, 6) is 0.388. The highest BCUT2D eigenvalue weighted by molar-refractivity contribution is 5.98. The van der Waals surface area contributed by atoms with Gasteiger partial charge in [-0.05, 0) is 37.5 Å². The molecule has 104 valence electrons. The van der Waals surface area contributed by atoms with Gasteiger partial charge in [-0.2, -0.15) is 0 Å². The standard InChI is InChI=1S/C14H20N2O3/c1-18-11-5-4-10(8-11)16-14(17)12-7-9(15)3-6-13(12)19-2/h3,6-7,10-11H,4-5,8,15H2,1-2H3,(H,16,17). The molecule has 1 aliphatic rings. The molecule has 5 nitrogen and oxygen atoms in total. The fraction of sp³-hybridized carbons (Fsp3) is 0.500. The Balaban J connectivity index is 2.06. The van der Waals surface area contributed by atoms with Crippen molar-refractivity contribution in [1.29, 1.82) is 0 Å². The third-order valence-electron chi connectivity index (χ3n) is 3.52. The molecule has 2 unspecified atom stereocenters. The molecule has 0 aromatic heterocycles. The van der Waals surface area contributed by atoms with Crippen molar-refractivity contribution >= 4 is 11.6 Å². The Morgan fingerprint density at radius 1 is 1.37 bits per heavy atom. The Kier molecular flexibility index (Phi) is 4.27. The van der Waals surface area contributed by atoms with Gasteiger partial charge >= 0.3 is 0 Å². The largest absolute Gasteiger partial charge is 0.496 e. The molecule has 0 radical (unpaired) electrons. The molecule has 0 bridgehead atoms. The Labute approximate surface area is 113 Å². The molecule has 2 rings (SSSR count). The average molecular weight is 264 g/mol. The zero-order chi connectivity index (χ0) is 13.8. The number of anilines is 1. The number of hydrogen-bond acceptors (Lipinski definition) is 4. The van der Waals surface area contributed by atoms with Crippen LogP contribution in [0.2, 0.25) is 0 Å². The molecule has 1 aromatic rings. The number of ether oxygens (including phenoxy) is 2. The first-order valence-electron chi connectivity index (χ1n) is 6.41. The monoisotopic (exact) mass is 264 g/mol. The van der Waals surface area contributed by atoms with Crippen molar-refractivity contribution < 1.29 is 14.3 Å². The van der Waals surface area contributed by atoms with Gasteiger partial charge in [0.1, 0.15) is 5.75 Å². The highest BCUT2D eigenvalue weighted by Gasteiger charge is 2.26. The molecule has 0 aliphatic heterocycles. The van der Waals surface area contributed by atoms with Crippen molar-refractivity contribution in [3.8, 4) is 5.75 Å². The topological polar surface area (TPSA) is 73.6 Å². The molecule has 1 aliphatic carbocycles. The smallest absolute Gasteiger partial charge is 0.255 e. The SMILES string of the molecule is COc1ccc(N)cc1C(=O)NC1CCC(OC)C1. The number of benzene rings is 1. The number of carbonyl (C=O) groups excluding carboxylic acids is 1.